The number of ether oxygens (including phenoxy) is 7. The molecule has 8 rings (SSSR count). The van der Waals surface area contributed by atoms with Gasteiger partial charge in [0.2, 0.25) is 10.0 Å². The van der Waals surface area contributed by atoms with Gasteiger partial charge < -0.3 is 43.0 Å². The quantitative estimate of drug-likeness (QED) is 0.0393. The van der Waals surface area contributed by atoms with Crippen molar-refractivity contribution in [2.24, 2.45) is 0 Å². The zero-order valence-electron chi connectivity index (χ0n) is 45.4. The predicted octanol–water partition coefficient (Wildman–Crippen LogP) is 7.30. The fourth-order valence-electron chi connectivity index (χ4n) is 9.57. The first-order valence-electron chi connectivity index (χ1n) is 26.7. The Balaban J connectivity index is 0.592. The highest BCUT2D eigenvalue weighted by Gasteiger charge is 2.30. The fraction of sp³-hybridized carbons (Fsp3) is 0.491. The Hall–Kier alpha value is -4.18. The van der Waals surface area contributed by atoms with Crippen LogP contribution in [0.2, 0.25) is 20.1 Å². The average Bonchev–Trinajstić information content (AvgIpc) is 4.11. The standard InChI is InChI=1S/C55H69Cl4N9O11S2/c1-65-34-50(48-28-42(56)30-54(58)52(48)36-65)40-6-3-8-46(26-40)80(69,70)25-5-13-73-17-21-77-23-19-75-15-11-67-32-44(61-63-67)38-79-39-45-33-68(64-62-45)12-16-76-20-24-78-22-18-74-14-10-60-81(71,72)47-9-4-7-41(27-47)51-35-66(2)37-53-49(51)29-43(57)31-55(53)59/h3-4,6-9,26-33,50-51,60H,5,10-25,34-39H2,1-2H3. The van der Waals surface area contributed by atoms with Crippen LogP contribution in [-0.2, 0) is 92.4 Å². The molecule has 4 aromatic carbocycles. The molecule has 4 heterocycles. The third kappa shape index (κ3) is 18.9. The van der Waals surface area contributed by atoms with Gasteiger partial charge in [0.1, 0.15) is 11.4 Å². The Morgan fingerprint density at radius 3 is 1.49 bits per heavy atom. The lowest BCUT2D eigenvalue weighted by Gasteiger charge is -2.33. The summed E-state index contributed by atoms with van der Waals surface area (Å²) in [6.07, 6.45) is 3.95. The summed E-state index contributed by atoms with van der Waals surface area (Å²) in [6.45, 7) is 8.61. The van der Waals surface area contributed by atoms with E-state index in [9.17, 15) is 16.8 Å². The molecule has 440 valence electrons. The lowest BCUT2D eigenvalue weighted by molar-refractivity contribution is 0.0129. The fourth-order valence-corrected chi connectivity index (χ4v) is 13.1. The molecule has 2 unspecified atom stereocenters. The van der Waals surface area contributed by atoms with Crippen molar-refractivity contribution in [3.63, 3.8) is 0 Å². The largest absolute Gasteiger partial charge is 0.379 e. The Bertz CT molecular complexity index is 3000. The van der Waals surface area contributed by atoms with Crippen LogP contribution in [0.1, 0.15) is 63.0 Å². The predicted molar refractivity (Wildman–Crippen MR) is 307 cm³/mol. The minimum atomic E-state index is -3.77. The van der Waals surface area contributed by atoms with Gasteiger partial charge in [-0.05, 0) is 102 Å². The summed E-state index contributed by atoms with van der Waals surface area (Å²) in [7, 11) is -3.26. The van der Waals surface area contributed by atoms with Crippen LogP contribution in [0.25, 0.3) is 0 Å². The third-order valence-corrected chi connectivity index (χ3v) is 17.9. The van der Waals surface area contributed by atoms with Gasteiger partial charge in [0, 0.05) is 71.3 Å². The molecule has 0 saturated carbocycles. The summed E-state index contributed by atoms with van der Waals surface area (Å²) in [6, 6.07) is 21.5. The van der Waals surface area contributed by atoms with Crippen molar-refractivity contribution >= 4 is 66.3 Å². The number of likely N-dealkylation sites (N-methyl/N-ethyl adjacent to an activating group) is 2. The lowest BCUT2D eigenvalue weighted by Crippen LogP contribution is -2.31. The topological polar surface area (TPSA) is 213 Å². The van der Waals surface area contributed by atoms with E-state index in [1.807, 2.05) is 38.4 Å². The van der Waals surface area contributed by atoms with Gasteiger partial charge in [-0.15, -0.1) is 10.2 Å². The van der Waals surface area contributed by atoms with Gasteiger partial charge in [0.25, 0.3) is 0 Å². The monoisotopic (exact) mass is 1240 g/mol. The smallest absolute Gasteiger partial charge is 0.240 e. The van der Waals surface area contributed by atoms with Crippen LogP contribution in [0.4, 0.5) is 0 Å². The second-order valence-corrected chi connectivity index (χ2v) is 25.3. The van der Waals surface area contributed by atoms with Gasteiger partial charge in [-0.2, -0.15) is 0 Å². The molecule has 0 radical (unpaired) electrons. The van der Waals surface area contributed by atoms with Crippen LogP contribution in [0.15, 0.2) is 95.0 Å². The molecular formula is C55H69Cl4N9O11S2. The maximum absolute atomic E-state index is 13.3. The second kappa shape index (κ2) is 31.1. The van der Waals surface area contributed by atoms with E-state index >= 15 is 0 Å². The van der Waals surface area contributed by atoms with Crippen molar-refractivity contribution < 1.29 is 50.0 Å². The van der Waals surface area contributed by atoms with Crippen molar-refractivity contribution in [2.75, 3.05) is 119 Å². The summed E-state index contributed by atoms with van der Waals surface area (Å²) in [5, 5.41) is 18.9. The summed E-state index contributed by atoms with van der Waals surface area (Å²) in [4.78, 5) is 4.80. The van der Waals surface area contributed by atoms with Gasteiger partial charge in [-0.25, -0.2) is 30.9 Å². The first-order chi connectivity index (χ1) is 39.1. The number of hydrogen-bond acceptors (Lipinski definition) is 17. The van der Waals surface area contributed by atoms with Gasteiger partial charge >= 0.3 is 0 Å². The van der Waals surface area contributed by atoms with E-state index in [0.29, 0.717) is 143 Å². The van der Waals surface area contributed by atoms with E-state index in [2.05, 4.69) is 35.1 Å². The van der Waals surface area contributed by atoms with Crippen molar-refractivity contribution in [3.05, 3.63) is 150 Å². The Kier molecular flexibility index (Phi) is 24.1. The number of benzene rings is 4. The summed E-state index contributed by atoms with van der Waals surface area (Å²) in [5.74, 6) is -0.167. The first-order valence-corrected chi connectivity index (χ1v) is 31.3. The number of fused-ring (bicyclic) bond motifs is 2. The first kappa shape index (κ1) is 62.9. The Labute approximate surface area is 494 Å². The number of nitrogens with zero attached hydrogens (tertiary/aromatic N) is 8. The summed E-state index contributed by atoms with van der Waals surface area (Å²) < 4.78 is 98.5. The van der Waals surface area contributed by atoms with Crippen LogP contribution in [0.3, 0.4) is 0 Å². The molecule has 0 fully saturated rings. The molecule has 0 saturated heterocycles. The number of aromatic nitrogens is 6. The van der Waals surface area contributed by atoms with E-state index in [1.165, 1.54) is 0 Å². The number of hydrogen-bond donors (Lipinski definition) is 1. The van der Waals surface area contributed by atoms with Crippen molar-refractivity contribution in [1.29, 1.82) is 0 Å². The highest BCUT2D eigenvalue weighted by Crippen LogP contribution is 2.40. The molecule has 1 N–H and O–H groups in total. The van der Waals surface area contributed by atoms with Gasteiger partial charge in [-0.1, -0.05) is 81.1 Å². The normalized spacial score (nSPS) is 16.0. The van der Waals surface area contributed by atoms with E-state index in [1.54, 1.807) is 70.3 Å². The summed E-state index contributed by atoms with van der Waals surface area (Å²) in [5.41, 5.74) is 7.16. The van der Waals surface area contributed by atoms with E-state index < -0.39 is 19.9 Å². The molecule has 0 aliphatic carbocycles. The Morgan fingerprint density at radius 2 is 0.988 bits per heavy atom. The molecular weight excluding hydrogens is 1170 g/mol. The van der Waals surface area contributed by atoms with Crippen molar-refractivity contribution in [2.45, 2.75) is 67.4 Å². The molecule has 0 amide bonds. The number of sulfone groups is 1. The molecule has 6 aromatic rings. The molecule has 2 atom stereocenters. The average molecular weight is 1240 g/mol. The molecule has 81 heavy (non-hydrogen) atoms. The minimum Gasteiger partial charge on any atom is -0.379 e. The van der Waals surface area contributed by atoms with Gasteiger partial charge in [0.05, 0.1) is 127 Å². The minimum absolute atomic E-state index is 0.0298. The highest BCUT2D eigenvalue weighted by atomic mass is 35.5. The van der Waals surface area contributed by atoms with E-state index in [4.69, 9.17) is 79.6 Å². The molecule has 20 nitrogen and oxygen atoms in total. The summed E-state index contributed by atoms with van der Waals surface area (Å²) >= 11 is 25.8. The number of rotatable bonds is 34. The number of sulfonamides is 1. The van der Waals surface area contributed by atoms with Crippen molar-refractivity contribution in [1.82, 2.24) is 44.5 Å². The lowest BCUT2D eigenvalue weighted by atomic mass is 9.85. The van der Waals surface area contributed by atoms with Crippen LogP contribution in [0, 0.1) is 0 Å². The molecule has 2 aromatic heterocycles. The number of nitrogens with one attached hydrogen (secondary N) is 1. The maximum atomic E-state index is 13.3. The maximum Gasteiger partial charge on any atom is 0.240 e. The van der Waals surface area contributed by atoms with Gasteiger partial charge in [0.15, 0.2) is 9.84 Å². The van der Waals surface area contributed by atoms with E-state index in [-0.39, 0.29) is 53.7 Å². The molecule has 2 aliphatic rings. The molecule has 26 heteroatoms. The SMILES string of the molecule is CN1Cc2c(Cl)cc(Cl)cc2C(c2cccc(S(=O)(=O)CCCOCCOCCOCCn3cc(COCc4cn(CCOCCOCCOCCNS(=O)(=O)c5cccc(C6CN(C)Cc7c(Cl)cc(Cl)cc76)c5)nn4)nn3)c2)C1. The molecule has 2 aliphatic heterocycles. The zero-order chi connectivity index (χ0) is 57.2. The van der Waals surface area contributed by atoms with Crippen LogP contribution < -0.4 is 4.72 Å². The molecule has 0 spiro atoms. The van der Waals surface area contributed by atoms with Gasteiger partial charge in [-0.3, -0.25) is 0 Å². The Morgan fingerprint density at radius 1 is 0.543 bits per heavy atom. The second-order valence-electron chi connectivity index (χ2n) is 19.7. The highest BCUT2D eigenvalue weighted by molar-refractivity contribution is 7.91. The van der Waals surface area contributed by atoms with Crippen LogP contribution >= 0.6 is 46.4 Å². The van der Waals surface area contributed by atoms with Crippen LogP contribution in [0.5, 0.6) is 0 Å². The zero-order valence-corrected chi connectivity index (χ0v) is 50.1. The third-order valence-electron chi connectivity index (χ3n) is 13.5. The number of halogens is 4. The van der Waals surface area contributed by atoms with E-state index in [0.717, 1.165) is 39.9 Å². The van der Waals surface area contributed by atoms with Crippen LogP contribution in [-0.4, -0.2) is 175 Å². The van der Waals surface area contributed by atoms with Crippen molar-refractivity contribution in [3.8, 4) is 0 Å². The molecule has 0 bridgehead atoms.